The average molecular weight is 599 g/mol. The molecule has 1 fully saturated rings. The maximum atomic E-state index is 13.3. The summed E-state index contributed by atoms with van der Waals surface area (Å²) in [5.74, 6) is -0.220. The van der Waals surface area contributed by atoms with Gasteiger partial charge in [0.15, 0.2) is 22.4 Å². The third-order valence-electron chi connectivity index (χ3n) is 6.45. The molecule has 1 N–H and O–H groups in total. The number of aliphatic imine (C=N–C) groups is 1. The van der Waals surface area contributed by atoms with Gasteiger partial charge in [-0.2, -0.15) is 5.10 Å². The first kappa shape index (κ1) is 27.0. The molecule has 2 aromatic heterocycles. The fourth-order valence-corrected chi connectivity index (χ4v) is 5.75. The molecular formula is C31H21Cl2N5O2S. The zero-order chi connectivity index (χ0) is 28.5. The summed E-state index contributed by atoms with van der Waals surface area (Å²) in [4.78, 5) is 36.6. The number of fused-ring (bicyclic) bond motifs is 1. The zero-order valence-corrected chi connectivity index (χ0v) is 23.9. The number of anilines is 1. The van der Waals surface area contributed by atoms with E-state index in [1.165, 1.54) is 11.8 Å². The van der Waals surface area contributed by atoms with Gasteiger partial charge in [-0.1, -0.05) is 83.5 Å². The summed E-state index contributed by atoms with van der Waals surface area (Å²) >= 11 is 13.3. The Bertz CT molecular complexity index is 1830. The summed E-state index contributed by atoms with van der Waals surface area (Å²) in [7, 11) is 0. The molecule has 0 saturated carbocycles. The molecule has 5 aromatic rings. The highest BCUT2D eigenvalue weighted by Crippen LogP contribution is 2.38. The number of hydrogen-bond donors (Lipinski definition) is 1. The van der Waals surface area contributed by atoms with Gasteiger partial charge >= 0.3 is 0 Å². The first-order valence-electron chi connectivity index (χ1n) is 12.6. The van der Waals surface area contributed by atoms with Gasteiger partial charge in [0.25, 0.3) is 5.91 Å². The molecule has 0 spiro atoms. The highest BCUT2D eigenvalue weighted by Gasteiger charge is 2.42. The summed E-state index contributed by atoms with van der Waals surface area (Å²) in [5, 5.41) is 8.93. The van der Waals surface area contributed by atoms with Crippen molar-refractivity contribution in [1.29, 1.82) is 0 Å². The van der Waals surface area contributed by atoms with Crippen molar-refractivity contribution in [3.05, 3.63) is 106 Å². The number of H-pyrrole nitrogens is 1. The van der Waals surface area contributed by atoms with E-state index in [4.69, 9.17) is 33.2 Å². The van der Waals surface area contributed by atoms with Crippen molar-refractivity contribution in [3.63, 3.8) is 0 Å². The molecule has 1 amide bonds. The minimum absolute atomic E-state index is 0.237. The second kappa shape index (κ2) is 11.3. The number of Topliss-reactive ketones (excluding diaryl/α,β-unsaturated/α-hetero) is 1. The molecule has 1 saturated heterocycles. The van der Waals surface area contributed by atoms with E-state index >= 15 is 0 Å². The first-order chi connectivity index (χ1) is 19.9. The Balaban J connectivity index is 1.49. The van der Waals surface area contributed by atoms with Crippen molar-refractivity contribution < 1.29 is 9.59 Å². The molecule has 6 rings (SSSR count). The number of halogens is 2. The van der Waals surface area contributed by atoms with Crippen molar-refractivity contribution in [3.8, 4) is 11.1 Å². The van der Waals surface area contributed by atoms with Gasteiger partial charge in [0.1, 0.15) is 5.25 Å². The SMILES string of the molecule is CC(=O)C1SC(=Nc2n[nH]c3nc(/C=C/c4ccc(Cl)cc4)cc(-c4ccc(Cl)cc4)c23)N(c2ccccc2)C1=O. The molecule has 7 nitrogen and oxygen atoms in total. The minimum Gasteiger partial charge on any atom is -0.298 e. The molecule has 41 heavy (non-hydrogen) atoms. The molecule has 3 heterocycles. The summed E-state index contributed by atoms with van der Waals surface area (Å²) in [6, 6.07) is 26.1. The van der Waals surface area contributed by atoms with Crippen LogP contribution < -0.4 is 4.90 Å². The number of amidine groups is 1. The Morgan fingerprint density at radius 2 is 1.66 bits per heavy atom. The lowest BCUT2D eigenvalue weighted by Gasteiger charge is -2.16. The predicted octanol–water partition coefficient (Wildman–Crippen LogP) is 7.83. The second-order valence-electron chi connectivity index (χ2n) is 9.27. The second-order valence-corrected chi connectivity index (χ2v) is 11.2. The number of rotatable bonds is 6. The smallest absolute Gasteiger partial charge is 0.254 e. The number of nitrogens with zero attached hydrogens (tertiary/aromatic N) is 4. The Morgan fingerprint density at radius 3 is 2.34 bits per heavy atom. The van der Waals surface area contributed by atoms with Gasteiger partial charge in [0.2, 0.25) is 0 Å². The number of para-hydroxylation sites is 1. The number of benzene rings is 3. The maximum Gasteiger partial charge on any atom is 0.254 e. The van der Waals surface area contributed by atoms with E-state index in [1.54, 1.807) is 12.1 Å². The number of nitrogens with one attached hydrogen (secondary N) is 1. The highest BCUT2D eigenvalue weighted by molar-refractivity contribution is 8.16. The van der Waals surface area contributed by atoms with E-state index in [1.807, 2.05) is 84.9 Å². The zero-order valence-electron chi connectivity index (χ0n) is 21.6. The molecule has 1 aliphatic heterocycles. The van der Waals surface area contributed by atoms with Crippen LogP contribution in [0.2, 0.25) is 10.0 Å². The van der Waals surface area contributed by atoms with Crippen molar-refractivity contribution >= 4 is 86.5 Å². The molecule has 1 unspecified atom stereocenters. The van der Waals surface area contributed by atoms with Gasteiger partial charge in [0.05, 0.1) is 16.8 Å². The Hall–Kier alpha value is -4.24. The summed E-state index contributed by atoms with van der Waals surface area (Å²) in [6.45, 7) is 1.41. The third kappa shape index (κ3) is 5.54. The van der Waals surface area contributed by atoms with Crippen LogP contribution in [0.1, 0.15) is 18.2 Å². The van der Waals surface area contributed by atoms with E-state index in [0.717, 1.165) is 28.5 Å². The predicted molar refractivity (Wildman–Crippen MR) is 168 cm³/mol. The van der Waals surface area contributed by atoms with Crippen LogP contribution in [0, 0.1) is 0 Å². The van der Waals surface area contributed by atoms with Crippen molar-refractivity contribution in [2.24, 2.45) is 4.99 Å². The highest BCUT2D eigenvalue weighted by atomic mass is 35.5. The number of carbonyl (C=O) groups excluding carboxylic acids is 2. The van der Waals surface area contributed by atoms with E-state index < -0.39 is 5.25 Å². The van der Waals surface area contributed by atoms with Crippen LogP contribution >= 0.6 is 35.0 Å². The number of ketones is 1. The third-order valence-corrected chi connectivity index (χ3v) is 8.20. The molecular weight excluding hydrogens is 577 g/mol. The normalized spacial score (nSPS) is 16.4. The molecule has 1 aliphatic rings. The van der Waals surface area contributed by atoms with Crippen LogP contribution in [0.5, 0.6) is 0 Å². The summed E-state index contributed by atoms with van der Waals surface area (Å²) < 4.78 is 0. The molecule has 0 radical (unpaired) electrons. The van der Waals surface area contributed by atoms with Crippen LogP contribution in [0.4, 0.5) is 11.5 Å². The van der Waals surface area contributed by atoms with Gasteiger partial charge < -0.3 is 0 Å². The van der Waals surface area contributed by atoms with Gasteiger partial charge in [0, 0.05) is 10.0 Å². The van der Waals surface area contributed by atoms with Crippen molar-refractivity contribution in [2.45, 2.75) is 12.2 Å². The van der Waals surface area contributed by atoms with Crippen LogP contribution in [-0.2, 0) is 9.59 Å². The largest absolute Gasteiger partial charge is 0.298 e. The number of amides is 1. The van der Waals surface area contributed by atoms with E-state index in [0.29, 0.717) is 43.4 Å². The Kier molecular flexibility index (Phi) is 7.45. The standard InChI is InChI=1S/C31H21Cl2N5O2S/c1-18(39)27-30(40)38(24-5-3-2-4-6-24)31(41-27)35-29-26-25(20-10-14-22(33)15-11-20)17-23(34-28(26)36-37-29)16-9-19-7-12-21(32)13-8-19/h2-17,27H,1H3,(H,34,36,37)/b16-9+,35-31?. The number of pyridine rings is 1. The monoisotopic (exact) mass is 597 g/mol. The topological polar surface area (TPSA) is 91.3 Å². The average Bonchev–Trinajstić information content (AvgIpc) is 3.53. The van der Waals surface area contributed by atoms with Crippen molar-refractivity contribution in [1.82, 2.24) is 15.2 Å². The van der Waals surface area contributed by atoms with Crippen molar-refractivity contribution in [2.75, 3.05) is 4.90 Å². The van der Waals surface area contributed by atoms with E-state index in [-0.39, 0.29) is 11.7 Å². The molecule has 202 valence electrons. The number of aromatic nitrogens is 3. The van der Waals surface area contributed by atoms with Gasteiger partial charge in [-0.3, -0.25) is 19.6 Å². The molecule has 1 atom stereocenters. The van der Waals surface area contributed by atoms with Gasteiger partial charge in [-0.05, 0) is 72.2 Å². The lowest BCUT2D eigenvalue weighted by Crippen LogP contribution is -2.34. The summed E-state index contributed by atoms with van der Waals surface area (Å²) in [6.07, 6.45) is 3.86. The fourth-order valence-electron chi connectivity index (χ4n) is 4.47. The van der Waals surface area contributed by atoms with Crippen LogP contribution in [0.25, 0.3) is 34.3 Å². The number of hydrogen-bond acceptors (Lipinski definition) is 6. The molecule has 0 bridgehead atoms. The number of thioether (sulfide) groups is 1. The minimum atomic E-state index is -0.877. The Morgan fingerprint density at radius 1 is 0.976 bits per heavy atom. The lowest BCUT2D eigenvalue weighted by atomic mass is 10.0. The number of aromatic amines is 1. The van der Waals surface area contributed by atoms with Gasteiger partial charge in [-0.25, -0.2) is 9.98 Å². The van der Waals surface area contributed by atoms with Crippen LogP contribution in [-0.4, -0.2) is 37.3 Å². The lowest BCUT2D eigenvalue weighted by molar-refractivity contribution is -0.124. The van der Waals surface area contributed by atoms with Gasteiger partial charge in [-0.15, -0.1) is 0 Å². The Labute approximate surface area is 249 Å². The van der Waals surface area contributed by atoms with E-state index in [2.05, 4.69) is 10.2 Å². The van der Waals surface area contributed by atoms with Crippen LogP contribution in [0.15, 0.2) is 89.9 Å². The fraction of sp³-hybridized carbons (Fsp3) is 0.0645. The summed E-state index contributed by atoms with van der Waals surface area (Å²) in [5.41, 5.74) is 4.55. The maximum absolute atomic E-state index is 13.3. The number of carbonyl (C=O) groups is 2. The molecule has 10 heteroatoms. The van der Waals surface area contributed by atoms with Crippen LogP contribution in [0.3, 0.4) is 0 Å². The molecule has 3 aromatic carbocycles. The van der Waals surface area contributed by atoms with E-state index in [9.17, 15) is 9.59 Å². The first-order valence-corrected chi connectivity index (χ1v) is 14.2. The molecule has 0 aliphatic carbocycles. The quantitative estimate of drug-likeness (QED) is 0.201.